The van der Waals surface area contributed by atoms with Crippen LogP contribution in [0.2, 0.25) is 0 Å². The molecule has 0 unspecified atom stereocenters. The molecule has 0 bridgehead atoms. The van der Waals surface area contributed by atoms with Crippen LogP contribution in [-0.2, 0) is 21.4 Å². The molecule has 1 aromatic heterocycles. The van der Waals surface area contributed by atoms with E-state index < -0.39 is 6.09 Å². The molecule has 1 aliphatic heterocycles. The van der Waals surface area contributed by atoms with Gasteiger partial charge in [-0.2, -0.15) is 0 Å². The Balaban J connectivity index is 1.80. The van der Waals surface area contributed by atoms with Gasteiger partial charge in [0.1, 0.15) is 12.7 Å². The van der Waals surface area contributed by atoms with Gasteiger partial charge in [0.15, 0.2) is 0 Å². The van der Waals surface area contributed by atoms with Gasteiger partial charge < -0.3 is 19.5 Å². The zero-order valence-corrected chi connectivity index (χ0v) is 15.8. The molecular weight excluding hydrogens is 356 g/mol. The summed E-state index contributed by atoms with van der Waals surface area (Å²) in [6.45, 7) is 4.90. The number of fused-ring (bicyclic) bond motifs is 1. The lowest BCUT2D eigenvalue weighted by Crippen LogP contribution is -2.34. The van der Waals surface area contributed by atoms with E-state index in [-0.39, 0.29) is 12.0 Å². The molecule has 140 valence electrons. The van der Waals surface area contributed by atoms with Crippen molar-refractivity contribution in [2.24, 2.45) is 12.2 Å². The third-order valence-electron chi connectivity index (χ3n) is 4.10. The van der Waals surface area contributed by atoms with Crippen LogP contribution in [0, 0.1) is 0 Å². The molecule has 1 saturated heterocycles. The fourth-order valence-electron chi connectivity index (χ4n) is 2.69. The van der Waals surface area contributed by atoms with E-state index in [2.05, 4.69) is 10.5 Å². The fraction of sp³-hybridized carbons (Fsp3) is 0.471. The first kappa shape index (κ1) is 18.2. The van der Waals surface area contributed by atoms with Crippen molar-refractivity contribution in [3.8, 4) is 0 Å². The number of ether oxygens (including phenoxy) is 1. The average molecular weight is 378 g/mol. The first-order chi connectivity index (χ1) is 12.5. The number of rotatable bonds is 6. The van der Waals surface area contributed by atoms with Crippen molar-refractivity contribution in [2.45, 2.75) is 26.4 Å². The van der Waals surface area contributed by atoms with Crippen molar-refractivity contribution in [3.05, 3.63) is 23.0 Å². The molecular formula is C17H22N4O4S. The second-order valence-corrected chi connectivity index (χ2v) is 6.89. The van der Waals surface area contributed by atoms with Gasteiger partial charge in [0, 0.05) is 19.2 Å². The SMILES string of the molecule is CCON=c1sc2cc(N3C[C@@H](CNC(=O)CC)OC3=O)ccc2n1C. The van der Waals surface area contributed by atoms with Crippen molar-refractivity contribution in [1.29, 1.82) is 0 Å². The highest BCUT2D eigenvalue weighted by Crippen LogP contribution is 2.27. The molecule has 8 nitrogen and oxygen atoms in total. The summed E-state index contributed by atoms with van der Waals surface area (Å²) in [5, 5.41) is 6.86. The topological polar surface area (TPSA) is 85.2 Å². The van der Waals surface area contributed by atoms with Crippen molar-refractivity contribution >= 4 is 39.2 Å². The largest absolute Gasteiger partial charge is 0.442 e. The molecule has 0 saturated carbocycles. The number of aromatic nitrogens is 1. The molecule has 1 aromatic carbocycles. The zero-order chi connectivity index (χ0) is 18.7. The smallest absolute Gasteiger partial charge is 0.414 e. The maximum Gasteiger partial charge on any atom is 0.414 e. The van der Waals surface area contributed by atoms with Crippen LogP contribution in [-0.4, -0.2) is 42.4 Å². The lowest BCUT2D eigenvalue weighted by atomic mass is 10.2. The van der Waals surface area contributed by atoms with Crippen LogP contribution in [0.1, 0.15) is 20.3 Å². The molecule has 1 aliphatic rings. The number of carbonyl (C=O) groups is 2. The second-order valence-electron chi connectivity index (χ2n) is 5.88. The lowest BCUT2D eigenvalue weighted by molar-refractivity contribution is -0.121. The number of cyclic esters (lactones) is 1. The van der Waals surface area contributed by atoms with Crippen molar-refractivity contribution in [1.82, 2.24) is 9.88 Å². The Labute approximate surface area is 155 Å². The Kier molecular flexibility index (Phi) is 5.46. The van der Waals surface area contributed by atoms with Gasteiger partial charge in [-0.25, -0.2) is 4.79 Å². The van der Waals surface area contributed by atoms with Gasteiger partial charge in [0.25, 0.3) is 0 Å². The molecule has 3 rings (SSSR count). The van der Waals surface area contributed by atoms with Crippen LogP contribution in [0.15, 0.2) is 23.4 Å². The molecule has 1 fully saturated rings. The number of anilines is 1. The zero-order valence-electron chi connectivity index (χ0n) is 15.0. The van der Waals surface area contributed by atoms with E-state index in [4.69, 9.17) is 9.57 Å². The van der Waals surface area contributed by atoms with Crippen LogP contribution < -0.4 is 15.0 Å². The molecule has 0 aliphatic carbocycles. The first-order valence-electron chi connectivity index (χ1n) is 8.53. The number of hydrogen-bond donors (Lipinski definition) is 1. The fourth-order valence-corrected chi connectivity index (χ4v) is 3.70. The van der Waals surface area contributed by atoms with Crippen LogP contribution >= 0.6 is 11.3 Å². The van der Waals surface area contributed by atoms with Crippen LogP contribution in [0.4, 0.5) is 10.5 Å². The predicted molar refractivity (Wildman–Crippen MR) is 98.9 cm³/mol. The summed E-state index contributed by atoms with van der Waals surface area (Å²) in [6, 6.07) is 5.78. The highest BCUT2D eigenvalue weighted by Gasteiger charge is 2.32. The summed E-state index contributed by atoms with van der Waals surface area (Å²) >= 11 is 1.49. The molecule has 2 heterocycles. The van der Waals surface area contributed by atoms with Gasteiger partial charge in [0.2, 0.25) is 10.7 Å². The summed E-state index contributed by atoms with van der Waals surface area (Å²) < 4.78 is 8.30. The minimum Gasteiger partial charge on any atom is -0.442 e. The minimum atomic E-state index is -0.403. The standard InChI is InChI=1S/C17H22N4O4S/c1-4-15(22)18-9-12-10-21(17(23)25-12)11-6-7-13-14(8-11)26-16(20(13)3)19-24-5-2/h6-8,12H,4-5,9-10H2,1-3H3,(H,18,22)/t12-/m1/s1. The molecule has 1 N–H and O–H groups in total. The summed E-state index contributed by atoms with van der Waals surface area (Å²) in [5.41, 5.74) is 1.77. The van der Waals surface area contributed by atoms with E-state index in [1.54, 1.807) is 11.8 Å². The number of nitrogens with one attached hydrogen (secondary N) is 1. The Morgan fingerprint density at radius 1 is 1.46 bits per heavy atom. The molecule has 0 spiro atoms. The Morgan fingerprint density at radius 3 is 3.00 bits per heavy atom. The molecule has 9 heteroatoms. The van der Waals surface area contributed by atoms with Gasteiger partial charge in [-0.3, -0.25) is 9.69 Å². The quantitative estimate of drug-likeness (QED) is 0.779. The molecule has 1 atom stereocenters. The van der Waals surface area contributed by atoms with E-state index in [1.807, 2.05) is 36.7 Å². The molecule has 2 aromatic rings. The van der Waals surface area contributed by atoms with Crippen molar-refractivity contribution in [2.75, 3.05) is 24.6 Å². The number of amides is 2. The van der Waals surface area contributed by atoms with Gasteiger partial charge >= 0.3 is 6.09 Å². The Morgan fingerprint density at radius 2 is 2.27 bits per heavy atom. The normalized spacial score (nSPS) is 17.7. The maximum atomic E-state index is 12.2. The minimum absolute atomic E-state index is 0.0578. The van der Waals surface area contributed by atoms with Gasteiger partial charge in [-0.15, -0.1) is 0 Å². The number of hydrogen-bond acceptors (Lipinski definition) is 6. The monoisotopic (exact) mass is 378 g/mol. The van der Waals surface area contributed by atoms with Gasteiger partial charge in [0.05, 0.1) is 23.3 Å². The summed E-state index contributed by atoms with van der Waals surface area (Å²) in [6.07, 6.45) is -0.345. The number of benzene rings is 1. The van der Waals surface area contributed by atoms with Gasteiger partial charge in [-0.1, -0.05) is 23.4 Å². The summed E-state index contributed by atoms with van der Waals surface area (Å²) in [5.74, 6) is -0.0578. The summed E-state index contributed by atoms with van der Waals surface area (Å²) in [7, 11) is 1.92. The molecule has 26 heavy (non-hydrogen) atoms. The second kappa shape index (κ2) is 7.77. The summed E-state index contributed by atoms with van der Waals surface area (Å²) in [4.78, 5) is 31.1. The van der Waals surface area contributed by atoms with Crippen LogP contribution in [0.5, 0.6) is 0 Å². The van der Waals surface area contributed by atoms with Crippen molar-refractivity contribution in [3.63, 3.8) is 0 Å². The number of thiazole rings is 1. The number of carbonyl (C=O) groups excluding carboxylic acids is 2. The number of nitrogens with zero attached hydrogens (tertiary/aromatic N) is 3. The van der Waals surface area contributed by atoms with E-state index in [0.29, 0.717) is 26.1 Å². The third kappa shape index (κ3) is 3.67. The van der Waals surface area contributed by atoms with Crippen molar-refractivity contribution < 1.29 is 19.2 Å². The van der Waals surface area contributed by atoms with Gasteiger partial charge in [-0.05, 0) is 25.1 Å². The highest BCUT2D eigenvalue weighted by molar-refractivity contribution is 7.16. The average Bonchev–Trinajstić information content (AvgIpc) is 3.17. The van der Waals surface area contributed by atoms with Crippen LogP contribution in [0.25, 0.3) is 10.2 Å². The lowest BCUT2D eigenvalue weighted by Gasteiger charge is -2.13. The highest BCUT2D eigenvalue weighted by atomic mass is 32.1. The maximum absolute atomic E-state index is 12.2. The van der Waals surface area contributed by atoms with E-state index in [0.717, 1.165) is 20.7 Å². The molecule has 0 radical (unpaired) electrons. The Hall–Kier alpha value is -2.55. The predicted octanol–water partition coefficient (Wildman–Crippen LogP) is 1.94. The number of aryl methyl sites for hydroxylation is 1. The third-order valence-corrected chi connectivity index (χ3v) is 5.18. The van der Waals surface area contributed by atoms with E-state index >= 15 is 0 Å². The van der Waals surface area contributed by atoms with E-state index in [9.17, 15) is 9.59 Å². The Bertz CT molecular complexity index is 889. The molecule has 2 amide bonds. The van der Waals surface area contributed by atoms with E-state index in [1.165, 1.54) is 11.3 Å². The first-order valence-corrected chi connectivity index (χ1v) is 9.35. The van der Waals surface area contributed by atoms with Crippen LogP contribution in [0.3, 0.4) is 0 Å².